The molecular weight excluding hydrogens is 753 g/mol. The zero-order valence-corrected chi connectivity index (χ0v) is 34.4. The predicted molar refractivity (Wildman–Crippen MR) is 259 cm³/mol. The van der Waals surface area contributed by atoms with E-state index in [-0.39, 0.29) is 0 Å². The Kier molecular flexibility index (Phi) is 8.26. The molecule has 0 saturated heterocycles. The lowest BCUT2D eigenvalue weighted by Gasteiger charge is -2.12. The van der Waals surface area contributed by atoms with Crippen LogP contribution in [-0.2, 0) is 0 Å². The summed E-state index contributed by atoms with van der Waals surface area (Å²) < 4.78 is 4.74. The number of hydrogen-bond donors (Lipinski definition) is 0. The average molecular weight is 793 g/mol. The van der Waals surface area contributed by atoms with E-state index in [1.807, 2.05) is 24.3 Å². The van der Waals surface area contributed by atoms with Crippen LogP contribution in [0.4, 0.5) is 0 Å². The minimum Gasteiger partial charge on any atom is -0.309 e. The molecule has 0 N–H and O–H groups in total. The fourth-order valence-corrected chi connectivity index (χ4v) is 9.39. The molecule has 0 aliphatic heterocycles. The molecular formula is C58H40N4. The summed E-state index contributed by atoms with van der Waals surface area (Å²) in [6.45, 7) is 4.33. The van der Waals surface area contributed by atoms with E-state index >= 15 is 0 Å². The van der Waals surface area contributed by atoms with E-state index in [2.05, 4.69) is 205 Å². The first-order valence-electron chi connectivity index (χ1n) is 21.2. The van der Waals surface area contributed by atoms with Gasteiger partial charge >= 0.3 is 0 Å². The molecule has 4 heteroatoms. The van der Waals surface area contributed by atoms with Crippen LogP contribution in [-0.4, -0.2) is 19.1 Å². The largest absolute Gasteiger partial charge is 0.309 e. The maximum Gasteiger partial charge on any atom is 0.0973 e. The Morgan fingerprint density at radius 1 is 0.290 bits per heavy atom. The van der Waals surface area contributed by atoms with Crippen molar-refractivity contribution < 1.29 is 0 Å². The summed E-state index contributed by atoms with van der Waals surface area (Å²) in [6, 6.07) is 74.2. The number of aromatic nitrogens is 4. The van der Waals surface area contributed by atoms with Gasteiger partial charge in [-0.2, -0.15) is 0 Å². The molecule has 4 nitrogen and oxygen atoms in total. The van der Waals surface area contributed by atoms with Gasteiger partial charge in [-0.15, -0.1) is 0 Å². The fraction of sp³-hybridized carbons (Fsp3) is 0.0345. The number of para-hydroxylation sites is 4. The lowest BCUT2D eigenvalue weighted by Crippen LogP contribution is -1.95. The summed E-state index contributed by atoms with van der Waals surface area (Å²) in [6.07, 6.45) is 0. The normalized spacial score (nSPS) is 11.7. The summed E-state index contributed by atoms with van der Waals surface area (Å²) in [4.78, 5) is 10.5. The third-order valence-corrected chi connectivity index (χ3v) is 12.4. The first-order chi connectivity index (χ1) is 30.5. The molecule has 292 valence electrons. The SMILES string of the molecule is Cc1ccc2c(c1)c1cc(-c3ccc(-c4nc5ccccc5nc4-c4ccc(-c5ccc6c(c5)c5cc(C)ccc5n6-c5ccccc5)cc4)cc3)ccc1n2-c1ccccc1. The zero-order valence-electron chi connectivity index (χ0n) is 34.4. The smallest absolute Gasteiger partial charge is 0.0973 e. The summed E-state index contributed by atoms with van der Waals surface area (Å²) in [5, 5.41) is 5.01. The van der Waals surface area contributed by atoms with Crippen molar-refractivity contribution in [1.82, 2.24) is 19.1 Å². The highest BCUT2D eigenvalue weighted by atomic mass is 15.0. The van der Waals surface area contributed by atoms with Crippen molar-refractivity contribution >= 4 is 54.6 Å². The monoisotopic (exact) mass is 792 g/mol. The molecule has 0 fully saturated rings. The second-order valence-corrected chi connectivity index (χ2v) is 16.4. The minimum atomic E-state index is 0.866. The first-order valence-corrected chi connectivity index (χ1v) is 21.2. The Balaban J connectivity index is 0.918. The average Bonchev–Trinajstić information content (AvgIpc) is 3.83. The Bertz CT molecular complexity index is 3430. The van der Waals surface area contributed by atoms with Gasteiger partial charge in [-0.1, -0.05) is 132 Å². The van der Waals surface area contributed by atoms with Crippen molar-refractivity contribution in [3.05, 3.63) is 217 Å². The van der Waals surface area contributed by atoms with Gasteiger partial charge in [0.2, 0.25) is 0 Å². The van der Waals surface area contributed by atoms with Crippen molar-refractivity contribution in [1.29, 1.82) is 0 Å². The van der Waals surface area contributed by atoms with Crippen LogP contribution in [0.15, 0.2) is 206 Å². The van der Waals surface area contributed by atoms with Gasteiger partial charge in [0.1, 0.15) is 0 Å². The van der Waals surface area contributed by atoms with Crippen LogP contribution >= 0.6 is 0 Å². The lowest BCUT2D eigenvalue weighted by atomic mass is 9.97. The third-order valence-electron chi connectivity index (χ3n) is 12.4. The molecule has 0 aliphatic rings. The molecule has 0 radical (unpaired) electrons. The third kappa shape index (κ3) is 5.91. The van der Waals surface area contributed by atoms with Gasteiger partial charge < -0.3 is 9.13 Å². The van der Waals surface area contributed by atoms with E-state index in [1.165, 1.54) is 65.9 Å². The van der Waals surface area contributed by atoms with Crippen molar-refractivity contribution in [3.8, 4) is 56.1 Å². The second-order valence-electron chi connectivity index (χ2n) is 16.4. The summed E-state index contributed by atoms with van der Waals surface area (Å²) in [7, 11) is 0. The van der Waals surface area contributed by atoms with Crippen LogP contribution < -0.4 is 0 Å². The summed E-state index contributed by atoms with van der Waals surface area (Å²) >= 11 is 0. The van der Waals surface area contributed by atoms with Gasteiger partial charge in [0, 0.05) is 44.0 Å². The van der Waals surface area contributed by atoms with Gasteiger partial charge in [0.05, 0.1) is 44.5 Å². The summed E-state index contributed by atoms with van der Waals surface area (Å²) in [5.74, 6) is 0. The second kappa shape index (κ2) is 14.3. The van der Waals surface area contributed by atoms with Crippen LogP contribution in [0, 0.1) is 13.8 Å². The highest BCUT2D eigenvalue weighted by molar-refractivity contribution is 6.12. The molecule has 0 aliphatic carbocycles. The molecule has 0 amide bonds. The van der Waals surface area contributed by atoms with Crippen LogP contribution in [0.1, 0.15) is 11.1 Å². The molecule has 0 spiro atoms. The predicted octanol–water partition coefficient (Wildman–Crippen LogP) is 15.1. The Morgan fingerprint density at radius 2 is 0.613 bits per heavy atom. The topological polar surface area (TPSA) is 35.6 Å². The number of hydrogen-bond acceptors (Lipinski definition) is 2. The molecule has 3 heterocycles. The minimum absolute atomic E-state index is 0.866. The molecule has 12 aromatic rings. The van der Waals surface area contributed by atoms with Gasteiger partial charge in [0.15, 0.2) is 0 Å². The Labute approximate surface area is 359 Å². The number of fused-ring (bicyclic) bond motifs is 7. The van der Waals surface area contributed by atoms with Crippen molar-refractivity contribution in [2.24, 2.45) is 0 Å². The van der Waals surface area contributed by atoms with Crippen LogP contribution in [0.3, 0.4) is 0 Å². The molecule has 9 aromatic carbocycles. The fourth-order valence-electron chi connectivity index (χ4n) is 9.39. The Hall–Kier alpha value is -8.08. The van der Waals surface area contributed by atoms with E-state index in [1.54, 1.807) is 0 Å². The van der Waals surface area contributed by atoms with Crippen LogP contribution in [0.2, 0.25) is 0 Å². The van der Waals surface area contributed by atoms with Crippen LogP contribution in [0.5, 0.6) is 0 Å². The zero-order chi connectivity index (χ0) is 41.3. The first kappa shape index (κ1) is 35.8. The van der Waals surface area contributed by atoms with E-state index in [4.69, 9.17) is 9.97 Å². The van der Waals surface area contributed by atoms with E-state index in [0.29, 0.717) is 0 Å². The molecule has 62 heavy (non-hydrogen) atoms. The highest BCUT2D eigenvalue weighted by Gasteiger charge is 2.18. The summed E-state index contributed by atoms with van der Waals surface area (Å²) in [5.41, 5.74) is 19.9. The molecule has 12 rings (SSSR count). The molecule has 0 saturated carbocycles. The van der Waals surface area contributed by atoms with Gasteiger partial charge in [-0.05, 0) is 121 Å². The maximum atomic E-state index is 5.25. The number of aryl methyl sites for hydroxylation is 2. The molecule has 0 bridgehead atoms. The van der Waals surface area contributed by atoms with Crippen molar-refractivity contribution in [2.75, 3.05) is 0 Å². The number of rotatable bonds is 6. The van der Waals surface area contributed by atoms with E-state index in [0.717, 1.165) is 56.0 Å². The molecule has 0 atom stereocenters. The lowest BCUT2D eigenvalue weighted by molar-refractivity contribution is 1.18. The highest BCUT2D eigenvalue weighted by Crippen LogP contribution is 2.39. The van der Waals surface area contributed by atoms with Gasteiger partial charge in [0.25, 0.3) is 0 Å². The maximum absolute atomic E-state index is 5.25. The van der Waals surface area contributed by atoms with Crippen molar-refractivity contribution in [2.45, 2.75) is 13.8 Å². The molecule has 3 aromatic heterocycles. The quantitative estimate of drug-likeness (QED) is 0.168. The van der Waals surface area contributed by atoms with E-state index in [9.17, 15) is 0 Å². The Morgan fingerprint density at radius 3 is 1.02 bits per heavy atom. The van der Waals surface area contributed by atoms with Crippen molar-refractivity contribution in [3.63, 3.8) is 0 Å². The number of nitrogens with zero attached hydrogens (tertiary/aromatic N) is 4. The van der Waals surface area contributed by atoms with Gasteiger partial charge in [-0.25, -0.2) is 9.97 Å². The molecule has 0 unspecified atom stereocenters. The van der Waals surface area contributed by atoms with Gasteiger partial charge in [-0.3, -0.25) is 0 Å². The standard InChI is InChI=1S/C58H40N4/c1-37-17-29-53-47(33-37)49-35-43(27-31-55(49)61(53)45-11-5-3-6-12-45)39-19-23-41(24-20-39)57-58(60-52-16-10-9-15-51(52)59-57)42-25-21-40(22-26-42)44-28-32-56-50(36-44)48-34-38(2)18-30-54(48)62(56)46-13-7-4-8-14-46/h3-36H,1-2H3. The van der Waals surface area contributed by atoms with Crippen LogP contribution in [0.25, 0.3) is 111 Å². The van der Waals surface area contributed by atoms with E-state index < -0.39 is 0 Å². The number of benzene rings is 9.